The normalized spacial score (nSPS) is 10.3. The summed E-state index contributed by atoms with van der Waals surface area (Å²) in [6.45, 7) is 2.60. The van der Waals surface area contributed by atoms with E-state index in [0.717, 1.165) is 12.1 Å². The molecule has 0 radical (unpaired) electrons. The summed E-state index contributed by atoms with van der Waals surface area (Å²) >= 11 is 0. The second kappa shape index (κ2) is 5.60. The van der Waals surface area contributed by atoms with E-state index >= 15 is 0 Å². The average molecular weight is 267 g/mol. The van der Waals surface area contributed by atoms with Crippen LogP contribution in [0.5, 0.6) is 0 Å². The summed E-state index contributed by atoms with van der Waals surface area (Å²) in [5.74, 6) is -3.06. The van der Waals surface area contributed by atoms with Crippen LogP contribution in [0, 0.1) is 17.5 Å². The smallest absolute Gasteiger partial charge is 0.196 e. The van der Waals surface area contributed by atoms with Crippen LogP contribution in [-0.2, 0) is 0 Å². The standard InChI is InChI=1S/C13H12F3N3/c1-2-17-10-4-3-5-11(19-10)18-9-7-6-8(14)12(15)13(9)16/h3-7H,2H2,1H3,(H2,17,18,19). The van der Waals surface area contributed by atoms with Crippen LogP contribution in [0.15, 0.2) is 30.3 Å². The van der Waals surface area contributed by atoms with Crippen molar-refractivity contribution in [2.45, 2.75) is 6.92 Å². The number of nitrogens with zero attached hydrogens (tertiary/aromatic N) is 1. The van der Waals surface area contributed by atoms with Crippen molar-refractivity contribution in [3.63, 3.8) is 0 Å². The molecule has 0 aliphatic rings. The summed E-state index contributed by atoms with van der Waals surface area (Å²) in [6, 6.07) is 7.03. The SMILES string of the molecule is CCNc1cccc(Nc2ccc(F)c(F)c2F)n1. The van der Waals surface area contributed by atoms with Gasteiger partial charge in [-0.05, 0) is 31.2 Å². The van der Waals surface area contributed by atoms with E-state index in [1.165, 1.54) is 0 Å². The summed E-state index contributed by atoms with van der Waals surface area (Å²) in [6.07, 6.45) is 0. The first-order valence-corrected chi connectivity index (χ1v) is 5.73. The fraction of sp³-hybridized carbons (Fsp3) is 0.154. The van der Waals surface area contributed by atoms with Crippen molar-refractivity contribution in [3.05, 3.63) is 47.8 Å². The molecule has 2 aromatic rings. The minimum atomic E-state index is -1.51. The van der Waals surface area contributed by atoms with E-state index in [2.05, 4.69) is 15.6 Å². The van der Waals surface area contributed by atoms with E-state index in [1.54, 1.807) is 18.2 Å². The third-order valence-electron chi connectivity index (χ3n) is 2.40. The maximum absolute atomic E-state index is 13.5. The second-order valence-corrected chi connectivity index (χ2v) is 3.79. The van der Waals surface area contributed by atoms with E-state index in [9.17, 15) is 13.2 Å². The van der Waals surface area contributed by atoms with E-state index in [0.29, 0.717) is 18.2 Å². The van der Waals surface area contributed by atoms with Gasteiger partial charge in [0.1, 0.15) is 11.6 Å². The molecule has 19 heavy (non-hydrogen) atoms. The topological polar surface area (TPSA) is 37.0 Å². The molecule has 1 heterocycles. The zero-order valence-corrected chi connectivity index (χ0v) is 10.2. The van der Waals surface area contributed by atoms with Crippen molar-refractivity contribution in [2.24, 2.45) is 0 Å². The highest BCUT2D eigenvalue weighted by molar-refractivity contribution is 5.58. The van der Waals surface area contributed by atoms with Crippen molar-refractivity contribution in [1.82, 2.24) is 4.98 Å². The number of anilines is 3. The molecule has 0 aliphatic heterocycles. The fourth-order valence-corrected chi connectivity index (χ4v) is 1.54. The molecule has 6 heteroatoms. The largest absolute Gasteiger partial charge is 0.370 e. The zero-order chi connectivity index (χ0) is 13.8. The molecule has 0 fully saturated rings. The number of nitrogens with one attached hydrogen (secondary N) is 2. The van der Waals surface area contributed by atoms with Crippen LogP contribution in [0.2, 0.25) is 0 Å². The summed E-state index contributed by atoms with van der Waals surface area (Å²) < 4.78 is 39.3. The maximum atomic E-state index is 13.5. The van der Waals surface area contributed by atoms with Gasteiger partial charge in [-0.2, -0.15) is 0 Å². The van der Waals surface area contributed by atoms with Gasteiger partial charge in [-0.3, -0.25) is 0 Å². The first-order valence-electron chi connectivity index (χ1n) is 5.73. The first kappa shape index (κ1) is 13.2. The second-order valence-electron chi connectivity index (χ2n) is 3.79. The molecule has 100 valence electrons. The summed E-state index contributed by atoms with van der Waals surface area (Å²) in [7, 11) is 0. The zero-order valence-electron chi connectivity index (χ0n) is 10.2. The highest BCUT2D eigenvalue weighted by Gasteiger charge is 2.13. The lowest BCUT2D eigenvalue weighted by molar-refractivity contribution is 0.449. The van der Waals surface area contributed by atoms with E-state index in [4.69, 9.17) is 0 Å². The van der Waals surface area contributed by atoms with Gasteiger partial charge in [0.25, 0.3) is 0 Å². The molecule has 1 aromatic heterocycles. The van der Waals surface area contributed by atoms with Gasteiger partial charge < -0.3 is 10.6 Å². The summed E-state index contributed by atoms with van der Waals surface area (Å²) in [4.78, 5) is 4.15. The number of hydrogen-bond donors (Lipinski definition) is 2. The highest BCUT2D eigenvalue weighted by atomic mass is 19.2. The Hall–Kier alpha value is -2.24. The molecule has 2 rings (SSSR count). The van der Waals surface area contributed by atoms with E-state index < -0.39 is 17.5 Å². The van der Waals surface area contributed by atoms with E-state index in [1.807, 2.05) is 6.92 Å². The Morgan fingerprint density at radius 2 is 1.74 bits per heavy atom. The van der Waals surface area contributed by atoms with E-state index in [-0.39, 0.29) is 5.69 Å². The van der Waals surface area contributed by atoms with Gasteiger partial charge in [0.2, 0.25) is 0 Å². The Bertz CT molecular complexity index is 587. The molecular weight excluding hydrogens is 255 g/mol. The van der Waals surface area contributed by atoms with Crippen LogP contribution in [-0.4, -0.2) is 11.5 Å². The third kappa shape index (κ3) is 2.96. The molecule has 0 unspecified atom stereocenters. The van der Waals surface area contributed by atoms with Crippen LogP contribution in [0.4, 0.5) is 30.5 Å². The molecule has 2 N–H and O–H groups in total. The fourth-order valence-electron chi connectivity index (χ4n) is 1.54. The number of pyridine rings is 1. The monoisotopic (exact) mass is 267 g/mol. The predicted octanol–water partition coefficient (Wildman–Crippen LogP) is 3.67. The molecular formula is C13H12F3N3. The van der Waals surface area contributed by atoms with Crippen LogP contribution in [0.25, 0.3) is 0 Å². The van der Waals surface area contributed by atoms with Crippen molar-refractivity contribution in [2.75, 3.05) is 17.2 Å². The molecule has 0 spiro atoms. The highest BCUT2D eigenvalue weighted by Crippen LogP contribution is 2.23. The van der Waals surface area contributed by atoms with Gasteiger partial charge in [-0.1, -0.05) is 6.07 Å². The Labute approximate surface area is 108 Å². The molecule has 0 atom stereocenters. The third-order valence-corrected chi connectivity index (χ3v) is 2.40. The summed E-state index contributed by atoms with van der Waals surface area (Å²) in [5, 5.41) is 5.60. The van der Waals surface area contributed by atoms with Crippen molar-refractivity contribution >= 4 is 17.3 Å². The Morgan fingerprint density at radius 1 is 1.00 bits per heavy atom. The minimum absolute atomic E-state index is 0.167. The molecule has 1 aromatic carbocycles. The van der Waals surface area contributed by atoms with Crippen LogP contribution in [0.1, 0.15) is 6.92 Å². The van der Waals surface area contributed by atoms with Gasteiger partial charge in [-0.15, -0.1) is 0 Å². The minimum Gasteiger partial charge on any atom is -0.370 e. The van der Waals surface area contributed by atoms with Gasteiger partial charge in [0.15, 0.2) is 17.5 Å². The lowest BCUT2D eigenvalue weighted by Gasteiger charge is -2.09. The number of rotatable bonds is 4. The molecule has 0 saturated carbocycles. The van der Waals surface area contributed by atoms with Gasteiger partial charge in [0, 0.05) is 6.54 Å². The Balaban J connectivity index is 2.26. The molecule has 0 bridgehead atoms. The number of benzene rings is 1. The summed E-state index contributed by atoms with van der Waals surface area (Å²) in [5.41, 5.74) is -0.167. The molecule has 0 aliphatic carbocycles. The van der Waals surface area contributed by atoms with Crippen LogP contribution < -0.4 is 10.6 Å². The number of hydrogen-bond acceptors (Lipinski definition) is 3. The number of aromatic nitrogens is 1. The predicted molar refractivity (Wildman–Crippen MR) is 68.0 cm³/mol. The lowest BCUT2D eigenvalue weighted by Crippen LogP contribution is -2.03. The lowest BCUT2D eigenvalue weighted by atomic mass is 10.2. The first-order chi connectivity index (χ1) is 9.11. The quantitative estimate of drug-likeness (QED) is 0.830. The van der Waals surface area contributed by atoms with Crippen molar-refractivity contribution in [1.29, 1.82) is 0 Å². The Morgan fingerprint density at radius 3 is 2.47 bits per heavy atom. The molecule has 3 nitrogen and oxygen atoms in total. The number of halogens is 3. The van der Waals surface area contributed by atoms with Gasteiger partial charge in [0.05, 0.1) is 5.69 Å². The molecule has 0 saturated heterocycles. The Kier molecular flexibility index (Phi) is 3.89. The van der Waals surface area contributed by atoms with Crippen LogP contribution in [0.3, 0.4) is 0 Å². The van der Waals surface area contributed by atoms with Crippen molar-refractivity contribution < 1.29 is 13.2 Å². The average Bonchev–Trinajstić information content (AvgIpc) is 2.40. The maximum Gasteiger partial charge on any atom is 0.196 e. The van der Waals surface area contributed by atoms with Gasteiger partial charge >= 0.3 is 0 Å². The van der Waals surface area contributed by atoms with Crippen LogP contribution >= 0.6 is 0 Å². The van der Waals surface area contributed by atoms with Crippen molar-refractivity contribution in [3.8, 4) is 0 Å². The molecule has 0 amide bonds. The van der Waals surface area contributed by atoms with Gasteiger partial charge in [-0.25, -0.2) is 18.2 Å².